The van der Waals surface area contributed by atoms with Gasteiger partial charge in [0.05, 0.1) is 43.4 Å². The van der Waals surface area contributed by atoms with E-state index in [4.69, 9.17) is 18.9 Å². The number of hydrogen-bond acceptors (Lipinski definition) is 9. The number of hydrogen-bond donors (Lipinski definition) is 1. The van der Waals surface area contributed by atoms with E-state index in [0.717, 1.165) is 57.5 Å². The lowest BCUT2D eigenvalue weighted by molar-refractivity contribution is -0.274. The SMILES string of the molecule is COc1cc2c(Oc3ccc(NC(=O)c4c(C)n(C)c5ccc(OC(F)(F)F)cc5c4=O)cc3F)ccnc2cc1OCCCN1CCOCC1. The van der Waals surface area contributed by atoms with Crippen molar-refractivity contribution in [1.82, 2.24) is 14.5 Å². The van der Waals surface area contributed by atoms with Crippen LogP contribution in [-0.2, 0) is 11.8 Å². The number of methoxy groups -OCH3 is 1. The summed E-state index contributed by atoms with van der Waals surface area (Å²) in [6.45, 7) is 6.12. The lowest BCUT2D eigenvalue weighted by Crippen LogP contribution is -2.37. The number of amides is 1. The van der Waals surface area contributed by atoms with Gasteiger partial charge in [-0.05, 0) is 55.8 Å². The Morgan fingerprint density at radius 1 is 0.980 bits per heavy atom. The second kappa shape index (κ2) is 14.8. The van der Waals surface area contributed by atoms with Crippen molar-refractivity contribution in [2.45, 2.75) is 19.7 Å². The number of carbonyl (C=O) groups excluding carboxylic acids is 1. The van der Waals surface area contributed by atoms with E-state index < -0.39 is 29.3 Å². The van der Waals surface area contributed by atoms with E-state index in [9.17, 15) is 22.8 Å². The number of carbonyl (C=O) groups is 1. The molecule has 1 N–H and O–H groups in total. The normalized spacial score (nSPS) is 13.7. The number of alkyl halides is 3. The van der Waals surface area contributed by atoms with Gasteiger partial charge >= 0.3 is 6.36 Å². The van der Waals surface area contributed by atoms with E-state index in [-0.39, 0.29) is 33.8 Å². The molecule has 0 spiro atoms. The number of halogens is 4. The minimum absolute atomic E-state index is 0.0113. The minimum atomic E-state index is -4.97. The largest absolute Gasteiger partial charge is 0.573 e. The van der Waals surface area contributed by atoms with Crippen LogP contribution in [0.15, 0.2) is 65.6 Å². The van der Waals surface area contributed by atoms with Gasteiger partial charge < -0.3 is 33.6 Å². The summed E-state index contributed by atoms with van der Waals surface area (Å²) >= 11 is 0. The Morgan fingerprint density at radius 2 is 1.76 bits per heavy atom. The van der Waals surface area contributed by atoms with Gasteiger partial charge in [-0.2, -0.15) is 0 Å². The molecule has 5 aromatic rings. The highest BCUT2D eigenvalue weighted by Crippen LogP contribution is 2.38. The molecule has 0 bridgehead atoms. The zero-order chi connectivity index (χ0) is 36.3. The van der Waals surface area contributed by atoms with Crippen molar-refractivity contribution in [2.75, 3.05) is 51.9 Å². The van der Waals surface area contributed by atoms with Gasteiger partial charge in [0, 0.05) is 61.8 Å². The van der Waals surface area contributed by atoms with Gasteiger partial charge in [-0.15, -0.1) is 13.2 Å². The molecule has 2 aromatic heterocycles. The monoisotopic (exact) mass is 710 g/mol. The molecule has 1 aliphatic heterocycles. The van der Waals surface area contributed by atoms with Crippen molar-refractivity contribution in [3.63, 3.8) is 0 Å². The van der Waals surface area contributed by atoms with Crippen LogP contribution in [0.5, 0.6) is 28.7 Å². The molecule has 0 saturated carbocycles. The second-order valence-corrected chi connectivity index (χ2v) is 11.8. The highest BCUT2D eigenvalue weighted by molar-refractivity contribution is 6.07. The van der Waals surface area contributed by atoms with Crippen molar-refractivity contribution in [1.29, 1.82) is 0 Å². The fraction of sp³-hybridized carbons (Fsp3) is 0.306. The third-order valence-electron chi connectivity index (χ3n) is 8.50. The number of anilines is 1. The summed E-state index contributed by atoms with van der Waals surface area (Å²) in [6, 6.07) is 12.0. The summed E-state index contributed by atoms with van der Waals surface area (Å²) < 4.78 is 82.2. The van der Waals surface area contributed by atoms with Crippen LogP contribution in [0.3, 0.4) is 0 Å². The zero-order valence-corrected chi connectivity index (χ0v) is 27.9. The molecule has 1 aliphatic rings. The lowest BCUT2D eigenvalue weighted by atomic mass is 10.1. The molecule has 1 amide bonds. The van der Waals surface area contributed by atoms with Crippen LogP contribution < -0.4 is 29.7 Å². The van der Waals surface area contributed by atoms with Crippen LogP contribution in [0.4, 0.5) is 23.2 Å². The molecule has 15 heteroatoms. The average molecular weight is 711 g/mol. The standard InChI is InChI=1S/C36H34F4N4O7/c1-21-33(34(45)25-18-23(51-36(38,39)40)6-7-28(25)43(21)2)35(46)42-22-5-8-30(26(37)17-22)50-29-9-10-41-27-20-32(31(47-3)19-24(27)29)49-14-4-11-44-12-15-48-16-13-44/h5-10,17-20H,4,11-16H2,1-3H3,(H,42,46). The topological polar surface area (TPSA) is 113 Å². The number of nitrogens with zero attached hydrogens (tertiary/aromatic N) is 3. The first-order chi connectivity index (χ1) is 24.4. The van der Waals surface area contributed by atoms with Crippen molar-refractivity contribution < 1.29 is 46.0 Å². The van der Waals surface area contributed by atoms with Gasteiger partial charge in [0.2, 0.25) is 5.43 Å². The summed E-state index contributed by atoms with van der Waals surface area (Å²) in [5.41, 5.74) is -0.0558. The predicted octanol–water partition coefficient (Wildman–Crippen LogP) is 6.59. The quantitative estimate of drug-likeness (QED) is 0.120. The molecule has 51 heavy (non-hydrogen) atoms. The van der Waals surface area contributed by atoms with E-state index in [0.29, 0.717) is 34.5 Å². The molecule has 1 fully saturated rings. The van der Waals surface area contributed by atoms with E-state index in [1.165, 1.54) is 43.0 Å². The number of pyridine rings is 2. The number of fused-ring (bicyclic) bond motifs is 2. The van der Waals surface area contributed by atoms with Gasteiger partial charge in [-0.3, -0.25) is 19.5 Å². The van der Waals surface area contributed by atoms with E-state index >= 15 is 4.39 Å². The van der Waals surface area contributed by atoms with Crippen molar-refractivity contribution in [3.05, 3.63) is 88.1 Å². The Hall–Kier alpha value is -5.41. The van der Waals surface area contributed by atoms with E-state index in [1.54, 1.807) is 25.2 Å². The Balaban J connectivity index is 1.18. The van der Waals surface area contributed by atoms with Crippen molar-refractivity contribution >= 4 is 33.4 Å². The van der Waals surface area contributed by atoms with E-state index in [2.05, 4.69) is 19.9 Å². The highest BCUT2D eigenvalue weighted by Gasteiger charge is 2.31. The third-order valence-corrected chi connectivity index (χ3v) is 8.50. The molecular weight excluding hydrogens is 676 g/mol. The number of nitrogens with one attached hydrogen (secondary N) is 1. The van der Waals surface area contributed by atoms with E-state index in [1.807, 2.05) is 0 Å². The van der Waals surface area contributed by atoms with Gasteiger partial charge in [-0.25, -0.2) is 4.39 Å². The predicted molar refractivity (Wildman–Crippen MR) is 181 cm³/mol. The maximum absolute atomic E-state index is 15.4. The molecule has 0 radical (unpaired) electrons. The molecular formula is C36H34F4N4O7. The lowest BCUT2D eigenvalue weighted by Gasteiger charge is -2.26. The van der Waals surface area contributed by atoms with Crippen molar-refractivity contribution in [2.24, 2.45) is 7.05 Å². The number of ether oxygens (including phenoxy) is 5. The average Bonchev–Trinajstić information content (AvgIpc) is 3.10. The fourth-order valence-electron chi connectivity index (χ4n) is 5.86. The number of aryl methyl sites for hydroxylation is 1. The Labute approximate surface area is 289 Å². The zero-order valence-electron chi connectivity index (χ0n) is 27.9. The van der Waals surface area contributed by atoms with Crippen LogP contribution in [-0.4, -0.2) is 73.3 Å². The summed E-state index contributed by atoms with van der Waals surface area (Å²) in [6.07, 6.45) is -2.64. The molecule has 268 valence electrons. The molecule has 0 aliphatic carbocycles. The summed E-state index contributed by atoms with van der Waals surface area (Å²) in [5, 5.41) is 2.88. The first-order valence-electron chi connectivity index (χ1n) is 16.0. The molecule has 3 aromatic carbocycles. The Bertz CT molecular complexity index is 2150. The van der Waals surface area contributed by atoms with Crippen LogP contribution in [0.25, 0.3) is 21.8 Å². The summed E-state index contributed by atoms with van der Waals surface area (Å²) in [7, 11) is 3.07. The molecule has 1 saturated heterocycles. The first-order valence-corrected chi connectivity index (χ1v) is 16.0. The van der Waals surface area contributed by atoms with Gasteiger partial charge in [0.1, 0.15) is 17.1 Å². The third kappa shape index (κ3) is 7.99. The molecule has 11 nitrogen and oxygen atoms in total. The van der Waals surface area contributed by atoms with Gasteiger partial charge in [0.15, 0.2) is 23.1 Å². The van der Waals surface area contributed by atoms with Crippen LogP contribution in [0.2, 0.25) is 0 Å². The first kappa shape index (κ1) is 35.4. The van der Waals surface area contributed by atoms with Crippen LogP contribution in [0.1, 0.15) is 22.5 Å². The molecule has 3 heterocycles. The molecule has 0 unspecified atom stereocenters. The van der Waals surface area contributed by atoms with Gasteiger partial charge in [-0.1, -0.05) is 0 Å². The summed E-state index contributed by atoms with van der Waals surface area (Å²) in [4.78, 5) is 33.4. The molecule has 0 atom stereocenters. The maximum atomic E-state index is 15.4. The fourth-order valence-corrected chi connectivity index (χ4v) is 5.86. The number of morpholine rings is 1. The molecule has 6 rings (SSSR count). The minimum Gasteiger partial charge on any atom is -0.493 e. The number of rotatable bonds is 11. The number of aromatic nitrogens is 2. The Morgan fingerprint density at radius 3 is 2.49 bits per heavy atom. The van der Waals surface area contributed by atoms with Crippen LogP contribution in [0, 0.1) is 12.7 Å². The summed E-state index contributed by atoms with van der Waals surface area (Å²) in [5.74, 6) is -1.21. The van der Waals surface area contributed by atoms with Crippen LogP contribution >= 0.6 is 0 Å². The number of benzene rings is 3. The van der Waals surface area contributed by atoms with Crippen molar-refractivity contribution in [3.8, 4) is 28.7 Å². The highest BCUT2D eigenvalue weighted by atomic mass is 19.4. The Kier molecular flexibility index (Phi) is 10.3. The van der Waals surface area contributed by atoms with Gasteiger partial charge in [0.25, 0.3) is 5.91 Å². The maximum Gasteiger partial charge on any atom is 0.573 e. The smallest absolute Gasteiger partial charge is 0.493 e. The second-order valence-electron chi connectivity index (χ2n) is 11.8.